The number of ether oxygens (including phenoxy) is 1. The van der Waals surface area contributed by atoms with E-state index in [0.29, 0.717) is 28.5 Å². The Morgan fingerprint density at radius 1 is 1.04 bits per heavy atom. The van der Waals surface area contributed by atoms with Gasteiger partial charge in [-0.25, -0.2) is 4.98 Å². The zero-order valence-electron chi connectivity index (χ0n) is 13.8. The summed E-state index contributed by atoms with van der Waals surface area (Å²) in [5.41, 5.74) is 1.77. The van der Waals surface area contributed by atoms with Crippen molar-refractivity contribution >= 4 is 23.1 Å². The lowest BCUT2D eigenvalue weighted by molar-refractivity contribution is -0.118. The predicted octanol–water partition coefficient (Wildman–Crippen LogP) is 3.71. The maximum absolute atomic E-state index is 11.9. The number of nitriles is 1. The maximum atomic E-state index is 11.9. The van der Waals surface area contributed by atoms with Crippen LogP contribution in [0, 0.1) is 11.3 Å². The highest BCUT2D eigenvalue weighted by atomic mass is 16.5. The van der Waals surface area contributed by atoms with Gasteiger partial charge in [-0.15, -0.1) is 0 Å². The van der Waals surface area contributed by atoms with Crippen molar-refractivity contribution < 1.29 is 9.53 Å². The molecule has 1 aromatic heterocycles. The number of para-hydroxylation sites is 2. The molecule has 2 aromatic carbocycles. The molecule has 1 heterocycles. The monoisotopic (exact) mass is 344 g/mol. The van der Waals surface area contributed by atoms with E-state index in [1.165, 1.54) is 6.20 Å². The van der Waals surface area contributed by atoms with Gasteiger partial charge in [-0.05, 0) is 36.4 Å². The van der Waals surface area contributed by atoms with Crippen LogP contribution in [0.2, 0.25) is 0 Å². The van der Waals surface area contributed by atoms with Crippen molar-refractivity contribution in [3.05, 3.63) is 78.5 Å². The number of nitrogens with one attached hydrogen (secondary N) is 2. The van der Waals surface area contributed by atoms with Crippen LogP contribution in [0.5, 0.6) is 5.75 Å². The zero-order chi connectivity index (χ0) is 18.2. The van der Waals surface area contributed by atoms with Crippen LogP contribution in [0.25, 0.3) is 0 Å². The molecule has 2 N–H and O–H groups in total. The van der Waals surface area contributed by atoms with E-state index in [0.717, 1.165) is 0 Å². The normalized spacial score (nSPS) is 9.81. The number of benzene rings is 2. The molecule has 0 aliphatic heterocycles. The third-order valence-corrected chi connectivity index (χ3v) is 3.47. The van der Waals surface area contributed by atoms with Crippen molar-refractivity contribution in [1.29, 1.82) is 5.26 Å². The van der Waals surface area contributed by atoms with Crippen LogP contribution in [-0.4, -0.2) is 17.5 Å². The molecule has 0 bridgehead atoms. The van der Waals surface area contributed by atoms with Crippen LogP contribution < -0.4 is 15.4 Å². The Hall–Kier alpha value is -3.85. The van der Waals surface area contributed by atoms with Crippen molar-refractivity contribution in [2.24, 2.45) is 0 Å². The molecule has 0 atom stereocenters. The van der Waals surface area contributed by atoms with Crippen LogP contribution in [0.1, 0.15) is 5.56 Å². The van der Waals surface area contributed by atoms with E-state index in [4.69, 9.17) is 10.00 Å². The number of anilines is 3. The highest BCUT2D eigenvalue weighted by molar-refractivity contribution is 5.91. The third kappa shape index (κ3) is 4.58. The summed E-state index contributed by atoms with van der Waals surface area (Å²) >= 11 is 0. The molecule has 0 saturated heterocycles. The topological polar surface area (TPSA) is 87.0 Å². The van der Waals surface area contributed by atoms with E-state index in [9.17, 15) is 4.79 Å². The largest absolute Gasteiger partial charge is 0.484 e. The summed E-state index contributed by atoms with van der Waals surface area (Å²) in [4.78, 5) is 16.2. The summed E-state index contributed by atoms with van der Waals surface area (Å²) in [5, 5.41) is 14.9. The van der Waals surface area contributed by atoms with Crippen LogP contribution >= 0.6 is 0 Å². The molecule has 0 unspecified atom stereocenters. The fourth-order valence-electron chi connectivity index (χ4n) is 2.23. The predicted molar refractivity (Wildman–Crippen MR) is 99.2 cm³/mol. The summed E-state index contributed by atoms with van der Waals surface area (Å²) in [6.45, 7) is -0.0838. The molecule has 6 heteroatoms. The second-order valence-electron chi connectivity index (χ2n) is 5.36. The average molecular weight is 344 g/mol. The number of nitrogens with zero attached hydrogens (tertiary/aromatic N) is 2. The van der Waals surface area contributed by atoms with Gasteiger partial charge in [0.1, 0.15) is 17.6 Å². The fraction of sp³-hybridized carbons (Fsp3) is 0.0500. The van der Waals surface area contributed by atoms with Crippen LogP contribution in [-0.2, 0) is 4.79 Å². The first-order valence-electron chi connectivity index (χ1n) is 7.94. The number of rotatable bonds is 6. The fourth-order valence-corrected chi connectivity index (χ4v) is 2.23. The number of carbonyl (C=O) groups excluding carboxylic acids is 1. The Balaban J connectivity index is 1.56. The van der Waals surface area contributed by atoms with Gasteiger partial charge in [0.15, 0.2) is 6.61 Å². The second-order valence-corrected chi connectivity index (χ2v) is 5.36. The molecule has 3 aromatic rings. The Labute approximate surface area is 151 Å². The van der Waals surface area contributed by atoms with Gasteiger partial charge >= 0.3 is 0 Å². The number of hydrogen-bond acceptors (Lipinski definition) is 5. The molecule has 0 spiro atoms. The first-order valence-corrected chi connectivity index (χ1v) is 7.94. The smallest absolute Gasteiger partial charge is 0.262 e. The van der Waals surface area contributed by atoms with Crippen molar-refractivity contribution in [1.82, 2.24) is 4.98 Å². The zero-order valence-corrected chi connectivity index (χ0v) is 13.8. The average Bonchev–Trinajstić information content (AvgIpc) is 2.69. The number of pyridine rings is 1. The molecule has 1 amide bonds. The van der Waals surface area contributed by atoms with Gasteiger partial charge in [-0.2, -0.15) is 5.26 Å². The minimum Gasteiger partial charge on any atom is -0.484 e. The Morgan fingerprint density at radius 3 is 2.54 bits per heavy atom. The van der Waals surface area contributed by atoms with E-state index in [1.807, 2.05) is 24.3 Å². The van der Waals surface area contributed by atoms with E-state index in [2.05, 4.69) is 21.7 Å². The molecule has 3 rings (SSSR count). The van der Waals surface area contributed by atoms with Gasteiger partial charge in [0, 0.05) is 0 Å². The van der Waals surface area contributed by atoms with E-state index in [-0.39, 0.29) is 12.5 Å². The second kappa shape index (κ2) is 8.31. The molecule has 0 fully saturated rings. The Kier molecular flexibility index (Phi) is 5.43. The maximum Gasteiger partial charge on any atom is 0.262 e. The number of aromatic nitrogens is 1. The van der Waals surface area contributed by atoms with E-state index in [1.54, 1.807) is 42.5 Å². The van der Waals surface area contributed by atoms with Crippen LogP contribution in [0.15, 0.2) is 72.9 Å². The lowest BCUT2D eigenvalue weighted by Crippen LogP contribution is -2.20. The molecule has 0 aliphatic carbocycles. The highest BCUT2D eigenvalue weighted by Crippen LogP contribution is 2.19. The quantitative estimate of drug-likeness (QED) is 0.712. The molecule has 6 nitrogen and oxygen atoms in total. The number of amides is 1. The van der Waals surface area contributed by atoms with Gasteiger partial charge in [0.2, 0.25) is 0 Å². The minimum absolute atomic E-state index is 0.0838. The van der Waals surface area contributed by atoms with E-state index >= 15 is 0 Å². The summed E-state index contributed by atoms with van der Waals surface area (Å²) in [5.74, 6) is 0.939. The lowest BCUT2D eigenvalue weighted by Gasteiger charge is -2.09. The molecule has 0 saturated carbocycles. The van der Waals surface area contributed by atoms with Crippen molar-refractivity contribution in [3.63, 3.8) is 0 Å². The van der Waals surface area contributed by atoms with Crippen LogP contribution in [0.4, 0.5) is 17.2 Å². The Bertz CT molecular complexity index is 919. The van der Waals surface area contributed by atoms with Gasteiger partial charge in [0.25, 0.3) is 5.91 Å². The summed E-state index contributed by atoms with van der Waals surface area (Å²) < 4.78 is 5.39. The molecular weight excluding hydrogens is 328 g/mol. The van der Waals surface area contributed by atoms with Gasteiger partial charge in [-0.1, -0.05) is 30.3 Å². The van der Waals surface area contributed by atoms with Crippen molar-refractivity contribution in [2.75, 3.05) is 17.2 Å². The first kappa shape index (κ1) is 17.0. The first-order chi connectivity index (χ1) is 12.7. The minimum atomic E-state index is -0.272. The molecule has 128 valence electrons. The molecular formula is C20H16N4O2. The third-order valence-electron chi connectivity index (χ3n) is 3.47. The van der Waals surface area contributed by atoms with E-state index < -0.39 is 0 Å². The number of carbonyl (C=O) groups is 1. The Morgan fingerprint density at radius 2 is 1.81 bits per heavy atom. The standard InChI is InChI=1S/C20H16N4O2/c21-12-15-6-4-5-9-18(15)24-19-11-10-16(13-22-19)23-20(25)14-26-17-7-2-1-3-8-17/h1-11,13H,14H2,(H,22,24)(H,23,25). The highest BCUT2D eigenvalue weighted by Gasteiger charge is 2.05. The molecule has 0 radical (unpaired) electrons. The lowest BCUT2D eigenvalue weighted by atomic mass is 10.2. The van der Waals surface area contributed by atoms with Gasteiger partial charge in [-0.3, -0.25) is 4.79 Å². The van der Waals surface area contributed by atoms with Crippen LogP contribution in [0.3, 0.4) is 0 Å². The van der Waals surface area contributed by atoms with Crippen molar-refractivity contribution in [3.8, 4) is 11.8 Å². The summed E-state index contributed by atoms with van der Waals surface area (Å²) in [6, 6.07) is 21.9. The molecule has 0 aliphatic rings. The summed E-state index contributed by atoms with van der Waals surface area (Å²) in [6.07, 6.45) is 1.54. The summed E-state index contributed by atoms with van der Waals surface area (Å²) in [7, 11) is 0. The van der Waals surface area contributed by atoms with Crippen molar-refractivity contribution in [2.45, 2.75) is 0 Å². The van der Waals surface area contributed by atoms with Gasteiger partial charge < -0.3 is 15.4 Å². The molecule has 26 heavy (non-hydrogen) atoms. The SMILES string of the molecule is N#Cc1ccccc1Nc1ccc(NC(=O)COc2ccccc2)cn1. The number of hydrogen-bond donors (Lipinski definition) is 2. The van der Waals surface area contributed by atoms with Gasteiger partial charge in [0.05, 0.1) is 23.1 Å².